The van der Waals surface area contributed by atoms with Gasteiger partial charge in [0.25, 0.3) is 5.91 Å². The third kappa shape index (κ3) is 4.06. The first kappa shape index (κ1) is 18.3. The van der Waals surface area contributed by atoms with Gasteiger partial charge < -0.3 is 19.5 Å². The van der Waals surface area contributed by atoms with Gasteiger partial charge >= 0.3 is 5.97 Å². The van der Waals surface area contributed by atoms with Gasteiger partial charge in [-0.3, -0.25) is 9.59 Å². The minimum absolute atomic E-state index is 0.0930. The maximum Gasteiger partial charge on any atom is 0.313 e. The van der Waals surface area contributed by atoms with Gasteiger partial charge in [-0.15, -0.1) is 0 Å². The van der Waals surface area contributed by atoms with Gasteiger partial charge in [0.1, 0.15) is 11.2 Å². The Labute approximate surface area is 142 Å². The van der Waals surface area contributed by atoms with E-state index in [1.54, 1.807) is 4.90 Å². The average molecular weight is 335 g/mol. The van der Waals surface area contributed by atoms with Crippen LogP contribution in [0.4, 0.5) is 0 Å². The Morgan fingerprint density at radius 2 is 2.12 bits per heavy atom. The number of amides is 1. The second-order valence-corrected chi connectivity index (χ2v) is 6.60. The number of likely N-dealkylation sites (tertiary alicyclic amines) is 1. The fourth-order valence-electron chi connectivity index (χ4n) is 2.92. The van der Waals surface area contributed by atoms with Crippen LogP contribution in [0.5, 0.6) is 5.75 Å². The molecule has 1 fully saturated rings. The molecule has 24 heavy (non-hydrogen) atoms. The number of methoxy groups -OCH3 is 1. The number of aliphatic carboxylic acids is 1. The van der Waals surface area contributed by atoms with Crippen LogP contribution in [0.2, 0.25) is 0 Å². The van der Waals surface area contributed by atoms with E-state index in [4.69, 9.17) is 9.47 Å². The number of hydrogen-bond donors (Lipinski definition) is 1. The van der Waals surface area contributed by atoms with Crippen LogP contribution in [-0.2, 0) is 14.3 Å². The largest absolute Gasteiger partial charge is 0.484 e. The van der Waals surface area contributed by atoms with E-state index >= 15 is 0 Å². The van der Waals surface area contributed by atoms with Gasteiger partial charge in [0, 0.05) is 20.2 Å². The van der Waals surface area contributed by atoms with Gasteiger partial charge in [0.05, 0.1) is 6.61 Å². The third-order valence-electron chi connectivity index (χ3n) is 4.47. The Hall–Kier alpha value is -2.08. The summed E-state index contributed by atoms with van der Waals surface area (Å²) in [6, 6.07) is 7.66. The highest BCUT2D eigenvalue weighted by Gasteiger charge is 2.46. The summed E-state index contributed by atoms with van der Waals surface area (Å²) in [7, 11) is 1.47. The maximum atomic E-state index is 12.3. The molecule has 0 saturated carbocycles. The van der Waals surface area contributed by atoms with Gasteiger partial charge in [-0.1, -0.05) is 26.0 Å². The second-order valence-electron chi connectivity index (χ2n) is 6.60. The number of carbonyl (C=O) groups is 2. The lowest BCUT2D eigenvalue weighted by molar-refractivity contribution is -0.151. The summed E-state index contributed by atoms with van der Waals surface area (Å²) in [5.41, 5.74) is 0.133. The molecule has 1 N–H and O–H groups in total. The van der Waals surface area contributed by atoms with Gasteiger partial charge in [0.2, 0.25) is 0 Å². The molecule has 1 heterocycles. The first-order valence-corrected chi connectivity index (χ1v) is 8.11. The third-order valence-corrected chi connectivity index (χ3v) is 4.47. The molecule has 1 atom stereocenters. The van der Waals surface area contributed by atoms with Crippen LogP contribution in [0.15, 0.2) is 24.3 Å². The van der Waals surface area contributed by atoms with E-state index in [0.717, 1.165) is 5.56 Å². The van der Waals surface area contributed by atoms with Crippen molar-refractivity contribution in [3.05, 3.63) is 29.8 Å². The summed E-state index contributed by atoms with van der Waals surface area (Å²) in [5, 5.41) is 9.44. The predicted octanol–water partition coefficient (Wildman–Crippen LogP) is 2.14. The van der Waals surface area contributed by atoms with Gasteiger partial charge in [-0.25, -0.2) is 0 Å². The summed E-state index contributed by atoms with van der Waals surface area (Å²) in [6.07, 6.45) is 0.394. The molecular weight excluding hydrogens is 310 g/mol. The molecule has 6 nitrogen and oxygen atoms in total. The van der Waals surface area contributed by atoms with Crippen molar-refractivity contribution < 1.29 is 24.2 Å². The Morgan fingerprint density at radius 3 is 2.75 bits per heavy atom. The summed E-state index contributed by atoms with van der Waals surface area (Å²) >= 11 is 0. The summed E-state index contributed by atoms with van der Waals surface area (Å²) < 4.78 is 10.6. The number of hydrogen-bond acceptors (Lipinski definition) is 4. The zero-order valence-electron chi connectivity index (χ0n) is 14.4. The molecule has 1 aromatic carbocycles. The molecule has 132 valence electrons. The topological polar surface area (TPSA) is 76.1 Å². The van der Waals surface area contributed by atoms with Crippen LogP contribution < -0.4 is 4.74 Å². The lowest BCUT2D eigenvalue weighted by Crippen LogP contribution is -2.41. The molecule has 0 radical (unpaired) electrons. The predicted molar refractivity (Wildman–Crippen MR) is 89.2 cm³/mol. The number of rotatable bonds is 7. The lowest BCUT2D eigenvalue weighted by Gasteiger charge is -2.23. The molecule has 6 heteroatoms. The smallest absolute Gasteiger partial charge is 0.313 e. The Balaban J connectivity index is 1.94. The lowest BCUT2D eigenvalue weighted by atomic mass is 9.88. The van der Waals surface area contributed by atoms with Crippen LogP contribution in [0.3, 0.4) is 0 Å². The monoisotopic (exact) mass is 335 g/mol. The molecule has 0 aromatic heterocycles. The molecule has 0 aliphatic carbocycles. The summed E-state index contributed by atoms with van der Waals surface area (Å²) in [4.78, 5) is 25.4. The van der Waals surface area contributed by atoms with Crippen molar-refractivity contribution in [2.45, 2.75) is 26.2 Å². The Morgan fingerprint density at radius 1 is 1.38 bits per heavy atom. The van der Waals surface area contributed by atoms with Crippen molar-refractivity contribution in [1.29, 1.82) is 0 Å². The van der Waals surface area contributed by atoms with Gasteiger partial charge in [0.15, 0.2) is 6.61 Å². The van der Waals surface area contributed by atoms with Crippen molar-refractivity contribution in [2.75, 3.05) is 33.4 Å². The fraction of sp³-hybridized carbons (Fsp3) is 0.556. The average Bonchev–Trinajstić information content (AvgIpc) is 2.99. The Kier molecular flexibility index (Phi) is 5.83. The number of carbonyl (C=O) groups excluding carboxylic acids is 1. The minimum atomic E-state index is -1.01. The van der Waals surface area contributed by atoms with Crippen LogP contribution in [0.1, 0.15) is 31.7 Å². The van der Waals surface area contributed by atoms with Crippen molar-refractivity contribution in [3.8, 4) is 5.75 Å². The Bertz CT molecular complexity index is 601. The van der Waals surface area contributed by atoms with Crippen LogP contribution in [-0.4, -0.2) is 55.3 Å². The van der Waals surface area contributed by atoms with Crippen molar-refractivity contribution in [3.63, 3.8) is 0 Å². The fourth-order valence-corrected chi connectivity index (χ4v) is 2.92. The molecular formula is C18H25NO5. The quantitative estimate of drug-likeness (QED) is 0.826. The van der Waals surface area contributed by atoms with Gasteiger partial charge in [-0.2, -0.15) is 0 Å². The van der Waals surface area contributed by atoms with Crippen LogP contribution in [0.25, 0.3) is 0 Å². The highest BCUT2D eigenvalue weighted by atomic mass is 16.5. The zero-order valence-corrected chi connectivity index (χ0v) is 14.4. The van der Waals surface area contributed by atoms with Gasteiger partial charge in [-0.05, 0) is 30.0 Å². The van der Waals surface area contributed by atoms with E-state index in [9.17, 15) is 14.7 Å². The van der Waals surface area contributed by atoms with Crippen LogP contribution in [0, 0.1) is 5.41 Å². The number of ether oxygens (including phenoxy) is 2. The zero-order chi connectivity index (χ0) is 17.7. The van der Waals surface area contributed by atoms with E-state index < -0.39 is 11.4 Å². The van der Waals surface area contributed by atoms with E-state index in [-0.39, 0.29) is 25.7 Å². The highest BCUT2D eigenvalue weighted by Crippen LogP contribution is 2.31. The molecule has 1 aromatic rings. The molecule has 0 bridgehead atoms. The first-order chi connectivity index (χ1) is 11.4. The summed E-state index contributed by atoms with van der Waals surface area (Å²) in [6.45, 7) is 4.76. The normalized spacial score (nSPS) is 20.4. The van der Waals surface area contributed by atoms with Crippen molar-refractivity contribution in [1.82, 2.24) is 4.90 Å². The number of nitrogens with zero attached hydrogens (tertiary/aromatic N) is 1. The molecule has 0 spiro atoms. The van der Waals surface area contributed by atoms with Crippen molar-refractivity contribution in [2.24, 2.45) is 5.41 Å². The molecule has 1 aliphatic rings. The van der Waals surface area contributed by atoms with E-state index in [0.29, 0.717) is 24.6 Å². The molecule has 1 saturated heterocycles. The maximum absolute atomic E-state index is 12.3. The molecule has 1 unspecified atom stereocenters. The van der Waals surface area contributed by atoms with E-state index in [2.05, 4.69) is 13.8 Å². The molecule has 2 rings (SSSR count). The summed E-state index contributed by atoms with van der Waals surface area (Å²) in [5.74, 6) is -0.0995. The SMILES string of the molecule is COCC1(C(=O)O)CCN(C(=O)COc2cccc(C(C)C)c2)C1. The van der Waals surface area contributed by atoms with Crippen molar-refractivity contribution >= 4 is 11.9 Å². The van der Waals surface area contributed by atoms with E-state index in [1.165, 1.54) is 7.11 Å². The molecule has 1 amide bonds. The highest BCUT2D eigenvalue weighted by molar-refractivity contribution is 5.81. The number of carboxylic acid groups (broad SMARTS) is 1. The first-order valence-electron chi connectivity index (χ1n) is 8.11. The minimum Gasteiger partial charge on any atom is -0.484 e. The number of carboxylic acids is 1. The number of benzene rings is 1. The van der Waals surface area contributed by atoms with E-state index in [1.807, 2.05) is 24.3 Å². The molecule has 1 aliphatic heterocycles. The van der Waals surface area contributed by atoms with Crippen LogP contribution >= 0.6 is 0 Å². The standard InChI is InChI=1S/C18H25NO5/c1-13(2)14-5-4-6-15(9-14)24-10-16(20)19-8-7-18(11-19,12-23-3)17(21)22/h4-6,9,13H,7-8,10-12H2,1-3H3,(H,21,22). The second kappa shape index (κ2) is 7.66.